The molecule has 2 aromatic rings. The van der Waals surface area contributed by atoms with Crippen LogP contribution in [0.5, 0.6) is 0 Å². The first-order valence-electron chi connectivity index (χ1n) is 14.0. The van der Waals surface area contributed by atoms with E-state index in [4.69, 9.17) is 0 Å². The zero-order chi connectivity index (χ0) is 31.0. The van der Waals surface area contributed by atoms with Crippen molar-refractivity contribution in [3.05, 3.63) is 70.0 Å². The molecule has 232 valence electrons. The molecule has 2 N–H and O–H groups in total. The number of hydrogen-bond donors (Lipinski definition) is 2. The van der Waals surface area contributed by atoms with Crippen LogP contribution in [0.15, 0.2) is 36.4 Å². The summed E-state index contributed by atoms with van der Waals surface area (Å²) in [5.74, 6) is -0.455. The fraction of sp³-hybridized carbons (Fsp3) is 0.567. The Hall–Kier alpha value is -2.86. The molecule has 2 unspecified atom stereocenters. The van der Waals surface area contributed by atoms with E-state index >= 15 is 0 Å². The summed E-state index contributed by atoms with van der Waals surface area (Å²) in [6.07, 6.45) is -5.40. The molecule has 42 heavy (non-hydrogen) atoms. The molecule has 0 aromatic heterocycles. The predicted octanol–water partition coefficient (Wildman–Crippen LogP) is 7.38. The molecule has 2 aliphatic rings. The Balaban J connectivity index is 1.63. The van der Waals surface area contributed by atoms with E-state index in [9.17, 15) is 40.6 Å². The van der Waals surface area contributed by atoms with Gasteiger partial charge in [0.2, 0.25) is 0 Å². The average Bonchev–Trinajstić information content (AvgIpc) is 3.33. The molecule has 0 radical (unpaired) electrons. The van der Waals surface area contributed by atoms with E-state index in [1.54, 1.807) is 13.0 Å². The second kappa shape index (κ2) is 12.0. The van der Waals surface area contributed by atoms with Crippen LogP contribution in [0.25, 0.3) is 0 Å². The molecule has 0 bridgehead atoms. The van der Waals surface area contributed by atoms with Crippen molar-refractivity contribution in [2.75, 3.05) is 20.1 Å². The molecule has 12 heteroatoms. The fourth-order valence-corrected chi connectivity index (χ4v) is 6.10. The highest BCUT2D eigenvalue weighted by Crippen LogP contribution is 2.40. The van der Waals surface area contributed by atoms with Gasteiger partial charge in [0.25, 0.3) is 0 Å². The largest absolute Gasteiger partial charge is 0.416 e. The van der Waals surface area contributed by atoms with Crippen molar-refractivity contribution < 1.29 is 40.6 Å². The summed E-state index contributed by atoms with van der Waals surface area (Å²) in [5.41, 5.74) is -2.85. The van der Waals surface area contributed by atoms with E-state index < -0.39 is 53.0 Å². The van der Waals surface area contributed by atoms with Crippen LogP contribution in [0.4, 0.5) is 35.5 Å². The van der Waals surface area contributed by atoms with Crippen molar-refractivity contribution in [1.82, 2.24) is 15.1 Å². The maximum atomic E-state index is 14.0. The number of benzene rings is 2. The van der Waals surface area contributed by atoms with E-state index in [0.29, 0.717) is 49.1 Å². The lowest BCUT2D eigenvalue weighted by Gasteiger charge is -2.37. The molecular formula is C30H36F7N3O2. The van der Waals surface area contributed by atoms with Crippen LogP contribution in [0.2, 0.25) is 0 Å². The summed E-state index contributed by atoms with van der Waals surface area (Å²) >= 11 is 0. The van der Waals surface area contributed by atoms with Gasteiger partial charge in [-0.25, -0.2) is 9.18 Å². The Kier molecular flexibility index (Phi) is 9.18. The molecule has 2 fully saturated rings. The second-order valence-electron chi connectivity index (χ2n) is 11.6. The van der Waals surface area contributed by atoms with Crippen LogP contribution in [-0.2, 0) is 12.4 Å². The number of likely N-dealkylation sites (tertiary alicyclic amines) is 1. The third-order valence-corrected chi connectivity index (χ3v) is 8.65. The maximum absolute atomic E-state index is 14.0. The van der Waals surface area contributed by atoms with Crippen LogP contribution in [-0.4, -0.2) is 52.7 Å². The molecule has 1 aliphatic heterocycles. The number of aliphatic hydroxyl groups is 1. The Morgan fingerprint density at radius 3 is 2.19 bits per heavy atom. The predicted molar refractivity (Wildman–Crippen MR) is 143 cm³/mol. The van der Waals surface area contributed by atoms with Crippen LogP contribution in [0.3, 0.4) is 0 Å². The minimum atomic E-state index is -5.01. The number of aryl methyl sites for hydroxylation is 1. The van der Waals surface area contributed by atoms with Crippen LogP contribution in [0, 0.1) is 12.7 Å². The number of nitrogens with one attached hydrogen (secondary N) is 1. The lowest BCUT2D eigenvalue weighted by Crippen LogP contribution is -2.49. The highest BCUT2D eigenvalue weighted by atomic mass is 19.4. The normalized spacial score (nSPS) is 21.8. The number of rotatable bonds is 6. The van der Waals surface area contributed by atoms with Gasteiger partial charge in [0, 0.05) is 26.2 Å². The van der Waals surface area contributed by atoms with Crippen LogP contribution >= 0.6 is 0 Å². The zero-order valence-corrected chi connectivity index (χ0v) is 23.7. The summed E-state index contributed by atoms with van der Waals surface area (Å²) in [6.45, 7) is 3.62. The Bertz CT molecular complexity index is 1240. The summed E-state index contributed by atoms with van der Waals surface area (Å²) in [6, 6.07) is 2.87. The quantitative estimate of drug-likeness (QED) is 0.339. The van der Waals surface area contributed by atoms with Crippen LogP contribution < -0.4 is 5.32 Å². The number of carbonyl (C=O) groups excluding carboxylic acids is 1. The van der Waals surface area contributed by atoms with Crippen LogP contribution in [0.1, 0.15) is 85.3 Å². The van der Waals surface area contributed by atoms with Crippen molar-refractivity contribution in [3.63, 3.8) is 0 Å². The molecule has 5 nitrogen and oxygen atoms in total. The molecule has 4 rings (SSSR count). The minimum absolute atomic E-state index is 0.0579. The molecule has 1 saturated carbocycles. The molecular weight excluding hydrogens is 567 g/mol. The molecule has 2 amide bonds. The van der Waals surface area contributed by atoms with E-state index in [2.05, 4.69) is 5.32 Å². The van der Waals surface area contributed by atoms with Gasteiger partial charge in [0.1, 0.15) is 5.82 Å². The highest BCUT2D eigenvalue weighted by Gasteiger charge is 2.43. The lowest BCUT2D eigenvalue weighted by molar-refractivity contribution is -0.143. The van der Waals surface area contributed by atoms with Crippen molar-refractivity contribution in [3.8, 4) is 0 Å². The Labute approximate surface area is 240 Å². The first-order chi connectivity index (χ1) is 19.5. The molecule has 3 atom stereocenters. The Morgan fingerprint density at radius 1 is 1.05 bits per heavy atom. The number of hydrogen-bond acceptors (Lipinski definition) is 3. The fourth-order valence-electron chi connectivity index (χ4n) is 6.10. The standard InChI is InChI=1S/C30H36F7N3O2/c1-18-13-23(31)7-8-24(18)26-25(38-17-28(42)10-5-4-6-11-28)9-12-40(26)27(41)39(3)19(2)20-14-21(29(32,33)34)16-22(15-20)30(35,36)37/h7-8,13-16,19,25-26,38,42H,4-6,9-12,17H2,1-3H3/t19-,25?,26?/m0/s1. The van der Waals surface area contributed by atoms with Crippen molar-refractivity contribution in [2.24, 2.45) is 0 Å². The van der Waals surface area contributed by atoms with Gasteiger partial charge >= 0.3 is 18.4 Å². The van der Waals surface area contributed by atoms with Gasteiger partial charge in [-0.2, -0.15) is 26.3 Å². The number of nitrogens with zero attached hydrogens (tertiary/aromatic N) is 2. The third kappa shape index (κ3) is 7.02. The van der Waals surface area contributed by atoms with Gasteiger partial charge in [-0.3, -0.25) is 0 Å². The topological polar surface area (TPSA) is 55.8 Å². The monoisotopic (exact) mass is 603 g/mol. The van der Waals surface area contributed by atoms with Crippen molar-refractivity contribution in [1.29, 1.82) is 0 Å². The molecule has 2 aromatic carbocycles. The average molecular weight is 604 g/mol. The summed E-state index contributed by atoms with van der Waals surface area (Å²) < 4.78 is 94.9. The molecule has 0 spiro atoms. The number of amides is 2. The molecule has 1 heterocycles. The van der Waals surface area contributed by atoms with Crippen molar-refractivity contribution >= 4 is 6.03 Å². The second-order valence-corrected chi connectivity index (χ2v) is 11.6. The SMILES string of the molecule is Cc1cc(F)ccc1C1C(NCC2(O)CCCCC2)CCN1C(=O)N(C)[C@@H](C)c1cc(C(F)(F)F)cc(C(F)(F)F)c1. The van der Waals surface area contributed by atoms with Crippen molar-refractivity contribution in [2.45, 2.75) is 88.5 Å². The Morgan fingerprint density at radius 2 is 1.64 bits per heavy atom. The van der Waals surface area contributed by atoms with E-state index in [0.717, 1.165) is 24.2 Å². The third-order valence-electron chi connectivity index (χ3n) is 8.65. The van der Waals surface area contributed by atoms with Gasteiger partial charge in [0.05, 0.1) is 28.8 Å². The zero-order valence-electron chi connectivity index (χ0n) is 23.7. The first-order valence-corrected chi connectivity index (χ1v) is 14.0. The first kappa shape index (κ1) is 32.1. The summed E-state index contributed by atoms with van der Waals surface area (Å²) in [5, 5.41) is 14.4. The highest BCUT2D eigenvalue weighted by molar-refractivity contribution is 5.76. The van der Waals surface area contributed by atoms with Gasteiger partial charge in [-0.05, 0) is 80.1 Å². The summed E-state index contributed by atoms with van der Waals surface area (Å²) in [4.78, 5) is 16.5. The van der Waals surface area contributed by atoms with Gasteiger partial charge < -0.3 is 20.2 Å². The van der Waals surface area contributed by atoms with E-state index in [1.807, 2.05) is 0 Å². The van der Waals surface area contributed by atoms with E-state index in [1.165, 1.54) is 31.0 Å². The maximum Gasteiger partial charge on any atom is 0.416 e. The van der Waals surface area contributed by atoms with Gasteiger partial charge in [0.15, 0.2) is 0 Å². The van der Waals surface area contributed by atoms with E-state index in [-0.39, 0.29) is 24.2 Å². The number of urea groups is 1. The number of alkyl halides is 6. The lowest BCUT2D eigenvalue weighted by atomic mass is 9.84. The van der Waals surface area contributed by atoms with Gasteiger partial charge in [-0.1, -0.05) is 25.3 Å². The number of carbonyl (C=O) groups is 1. The number of halogens is 7. The smallest absolute Gasteiger partial charge is 0.389 e. The molecule has 1 saturated heterocycles. The minimum Gasteiger partial charge on any atom is -0.389 e. The van der Waals surface area contributed by atoms with Gasteiger partial charge in [-0.15, -0.1) is 0 Å². The summed E-state index contributed by atoms with van der Waals surface area (Å²) in [7, 11) is 1.33. The molecule has 1 aliphatic carbocycles.